The Morgan fingerprint density at radius 2 is 1.67 bits per heavy atom. The van der Waals surface area contributed by atoms with Gasteiger partial charge in [-0.2, -0.15) is 0 Å². The molecule has 0 aliphatic carbocycles. The second-order valence-electron chi connectivity index (χ2n) is 9.15. The van der Waals surface area contributed by atoms with Gasteiger partial charge in [-0.25, -0.2) is 0 Å². The first-order valence-corrected chi connectivity index (χ1v) is 12.1. The molecule has 2 saturated heterocycles. The van der Waals surface area contributed by atoms with Crippen LogP contribution in [0.15, 0.2) is 54.6 Å². The predicted octanol–water partition coefficient (Wildman–Crippen LogP) is 3.66. The largest absolute Gasteiger partial charge is 0.495 e. The quantitative estimate of drug-likeness (QED) is 0.571. The van der Waals surface area contributed by atoms with Crippen molar-refractivity contribution in [2.45, 2.75) is 31.8 Å². The minimum Gasteiger partial charge on any atom is -0.495 e. The van der Waals surface area contributed by atoms with E-state index in [9.17, 15) is 4.79 Å². The van der Waals surface area contributed by atoms with Crippen LogP contribution in [0.1, 0.15) is 24.8 Å². The summed E-state index contributed by atoms with van der Waals surface area (Å²) in [4.78, 5) is 19.6. The van der Waals surface area contributed by atoms with Gasteiger partial charge in [-0.3, -0.25) is 14.6 Å². The number of nitrogens with zero attached hydrogens (tertiary/aromatic N) is 3. The van der Waals surface area contributed by atoms with Crippen LogP contribution in [0.2, 0.25) is 0 Å². The highest BCUT2D eigenvalue weighted by Gasteiger charge is 2.35. The Kier molecular flexibility index (Phi) is 8.24. The molecule has 2 aliphatic rings. The third kappa shape index (κ3) is 6.06. The minimum atomic E-state index is -0.102. The maximum absolute atomic E-state index is 11.9. The summed E-state index contributed by atoms with van der Waals surface area (Å²) in [5.41, 5.74) is 2.53. The van der Waals surface area contributed by atoms with Gasteiger partial charge in [0.1, 0.15) is 5.75 Å². The molecule has 2 atom stereocenters. The molecule has 0 saturated carbocycles. The molecule has 6 nitrogen and oxygen atoms in total. The normalized spacial score (nSPS) is 22.2. The van der Waals surface area contributed by atoms with E-state index in [4.69, 9.17) is 9.47 Å². The van der Waals surface area contributed by atoms with Crippen LogP contribution in [-0.4, -0.2) is 75.3 Å². The molecule has 6 heteroatoms. The first-order valence-electron chi connectivity index (χ1n) is 12.1. The van der Waals surface area contributed by atoms with E-state index in [2.05, 4.69) is 57.2 Å². The van der Waals surface area contributed by atoms with Crippen molar-refractivity contribution in [3.8, 4) is 5.75 Å². The summed E-state index contributed by atoms with van der Waals surface area (Å²) in [7, 11) is 3.23. The number of anilines is 1. The molecule has 2 aliphatic heterocycles. The number of hydrogen-bond acceptors (Lipinski definition) is 6. The van der Waals surface area contributed by atoms with Gasteiger partial charge in [-0.15, -0.1) is 0 Å². The van der Waals surface area contributed by atoms with E-state index in [0.717, 1.165) is 64.4 Å². The number of carbonyl (C=O) groups is 1. The number of para-hydroxylation sites is 2. The number of ether oxygens (including phenoxy) is 2. The standard InChI is InChI=1S/C27H37N3O3/c1-32-26-11-7-6-10-25(26)30-18-16-29(17-19-30)24-14-15-28(20-22-8-4-3-5-9-22)21-23(24)12-13-27(31)33-2/h3-11,23-24H,12-21H2,1-2H3/t23-,24-/m1/s1. The van der Waals surface area contributed by atoms with Crippen LogP contribution >= 0.6 is 0 Å². The minimum absolute atomic E-state index is 0.102. The van der Waals surface area contributed by atoms with Gasteiger partial charge in [0, 0.05) is 51.7 Å². The van der Waals surface area contributed by atoms with Crippen LogP contribution < -0.4 is 9.64 Å². The summed E-state index contributed by atoms with van der Waals surface area (Å²) < 4.78 is 10.5. The third-order valence-corrected chi connectivity index (χ3v) is 7.18. The van der Waals surface area contributed by atoms with E-state index in [0.29, 0.717) is 18.4 Å². The number of esters is 1. The van der Waals surface area contributed by atoms with Crippen LogP contribution in [0.3, 0.4) is 0 Å². The molecule has 4 rings (SSSR count). The van der Waals surface area contributed by atoms with E-state index in [1.807, 2.05) is 12.1 Å². The van der Waals surface area contributed by atoms with E-state index in [-0.39, 0.29) is 5.97 Å². The molecule has 33 heavy (non-hydrogen) atoms. The number of benzene rings is 2. The van der Waals surface area contributed by atoms with Gasteiger partial charge < -0.3 is 14.4 Å². The van der Waals surface area contributed by atoms with Crippen LogP contribution in [0.5, 0.6) is 5.75 Å². The highest BCUT2D eigenvalue weighted by atomic mass is 16.5. The topological polar surface area (TPSA) is 45.2 Å². The number of carbonyl (C=O) groups excluding carboxylic acids is 1. The fourth-order valence-electron chi connectivity index (χ4n) is 5.44. The fraction of sp³-hybridized carbons (Fsp3) is 0.519. The van der Waals surface area contributed by atoms with Gasteiger partial charge in [0.2, 0.25) is 0 Å². The van der Waals surface area contributed by atoms with E-state index < -0.39 is 0 Å². The van der Waals surface area contributed by atoms with Crippen LogP contribution in [0, 0.1) is 5.92 Å². The SMILES string of the molecule is COC(=O)CC[C@@H]1CN(Cc2ccccc2)CC[C@H]1N1CCN(c2ccccc2OC)CC1. The Morgan fingerprint density at radius 3 is 2.39 bits per heavy atom. The number of likely N-dealkylation sites (tertiary alicyclic amines) is 1. The Hall–Kier alpha value is -2.57. The van der Waals surface area contributed by atoms with E-state index in [1.54, 1.807) is 7.11 Å². The van der Waals surface area contributed by atoms with Crippen molar-refractivity contribution in [2.24, 2.45) is 5.92 Å². The zero-order valence-electron chi connectivity index (χ0n) is 20.0. The molecule has 2 heterocycles. The average Bonchev–Trinajstić information content (AvgIpc) is 2.88. The third-order valence-electron chi connectivity index (χ3n) is 7.18. The van der Waals surface area contributed by atoms with Gasteiger partial charge in [-0.1, -0.05) is 42.5 Å². The number of piperazine rings is 1. The maximum Gasteiger partial charge on any atom is 0.305 e. The highest BCUT2D eigenvalue weighted by Crippen LogP contribution is 2.31. The van der Waals surface area contributed by atoms with Crippen molar-refractivity contribution >= 4 is 11.7 Å². The molecular weight excluding hydrogens is 414 g/mol. The van der Waals surface area contributed by atoms with E-state index in [1.165, 1.54) is 18.4 Å². The maximum atomic E-state index is 11.9. The molecule has 0 spiro atoms. The van der Waals surface area contributed by atoms with Crippen molar-refractivity contribution in [3.05, 3.63) is 60.2 Å². The second-order valence-corrected chi connectivity index (χ2v) is 9.15. The molecule has 2 fully saturated rings. The summed E-state index contributed by atoms with van der Waals surface area (Å²) in [6.07, 6.45) is 2.53. The Morgan fingerprint density at radius 1 is 0.939 bits per heavy atom. The van der Waals surface area contributed by atoms with Crippen molar-refractivity contribution in [3.63, 3.8) is 0 Å². The molecule has 178 valence electrons. The highest BCUT2D eigenvalue weighted by molar-refractivity contribution is 5.69. The Labute approximate surface area is 198 Å². The van der Waals surface area contributed by atoms with Gasteiger partial charge in [0.15, 0.2) is 0 Å². The van der Waals surface area contributed by atoms with Crippen LogP contribution in [0.4, 0.5) is 5.69 Å². The Bertz CT molecular complexity index is 883. The zero-order valence-corrected chi connectivity index (χ0v) is 20.0. The van der Waals surface area contributed by atoms with Crippen molar-refractivity contribution < 1.29 is 14.3 Å². The molecule has 2 aromatic rings. The van der Waals surface area contributed by atoms with E-state index >= 15 is 0 Å². The summed E-state index contributed by atoms with van der Waals surface area (Å²) >= 11 is 0. The molecule has 0 radical (unpaired) electrons. The van der Waals surface area contributed by atoms with Gasteiger partial charge in [-0.05, 0) is 43.0 Å². The molecule has 0 N–H and O–H groups in total. The lowest BCUT2D eigenvalue weighted by Gasteiger charge is -2.47. The smallest absolute Gasteiger partial charge is 0.305 e. The van der Waals surface area contributed by atoms with Crippen molar-refractivity contribution in [1.82, 2.24) is 9.80 Å². The first kappa shape index (κ1) is 23.6. The molecule has 0 bridgehead atoms. The summed E-state index contributed by atoms with van der Waals surface area (Å²) in [6, 6.07) is 19.5. The average molecular weight is 452 g/mol. The van der Waals surface area contributed by atoms with Gasteiger partial charge >= 0.3 is 5.97 Å². The summed E-state index contributed by atoms with van der Waals surface area (Å²) in [5, 5.41) is 0. The number of rotatable bonds is 8. The lowest BCUT2D eigenvalue weighted by atomic mass is 9.86. The monoisotopic (exact) mass is 451 g/mol. The number of hydrogen-bond donors (Lipinski definition) is 0. The zero-order chi connectivity index (χ0) is 23.0. The van der Waals surface area contributed by atoms with Gasteiger partial charge in [0.05, 0.1) is 19.9 Å². The molecule has 2 aromatic carbocycles. The first-order chi connectivity index (χ1) is 16.2. The number of methoxy groups -OCH3 is 2. The lowest BCUT2D eigenvalue weighted by Crippen LogP contribution is -2.56. The number of piperidine rings is 1. The molecule has 0 amide bonds. The molecular formula is C27H37N3O3. The summed E-state index contributed by atoms with van der Waals surface area (Å²) in [5.74, 6) is 1.31. The Balaban J connectivity index is 1.39. The van der Waals surface area contributed by atoms with Crippen molar-refractivity contribution in [1.29, 1.82) is 0 Å². The fourth-order valence-corrected chi connectivity index (χ4v) is 5.44. The molecule has 0 unspecified atom stereocenters. The van der Waals surface area contributed by atoms with Crippen LogP contribution in [0.25, 0.3) is 0 Å². The summed E-state index contributed by atoms with van der Waals surface area (Å²) in [6.45, 7) is 7.17. The predicted molar refractivity (Wildman–Crippen MR) is 132 cm³/mol. The van der Waals surface area contributed by atoms with Crippen LogP contribution in [-0.2, 0) is 16.1 Å². The molecule has 0 aromatic heterocycles. The van der Waals surface area contributed by atoms with Gasteiger partial charge in [0.25, 0.3) is 0 Å². The van der Waals surface area contributed by atoms with Crippen molar-refractivity contribution in [2.75, 3.05) is 58.4 Å². The lowest BCUT2D eigenvalue weighted by molar-refractivity contribution is -0.141. The second kappa shape index (κ2) is 11.5.